The highest BCUT2D eigenvalue weighted by molar-refractivity contribution is 9.10. The van der Waals surface area contributed by atoms with Crippen LogP contribution in [0.2, 0.25) is 0 Å². The molecular formula is C11H15BrNO4PS. The fourth-order valence-corrected chi connectivity index (χ4v) is 2.48. The van der Waals surface area contributed by atoms with Gasteiger partial charge in [-0.2, -0.15) is 0 Å². The zero-order chi connectivity index (χ0) is 14.3. The number of hydrogen-bond donors (Lipinski definition) is 0. The molecule has 0 heterocycles. The van der Waals surface area contributed by atoms with E-state index in [0.717, 1.165) is 4.47 Å². The predicted octanol–water partition coefficient (Wildman–Crippen LogP) is 4.69. The second-order valence-corrected chi connectivity index (χ2v) is 6.72. The highest BCUT2D eigenvalue weighted by Gasteiger charge is 2.30. The standard InChI is InChI=1S/C11H15BrNO4PS/c1-4-15-18(14,17-13-9(2)19-3)16-11-7-5-10(12)6-8-11/h5-8H,4H2,1-3H3/b13-9+. The predicted molar refractivity (Wildman–Crippen MR) is 81.7 cm³/mol. The fraction of sp³-hybridized carbons (Fsp3) is 0.364. The molecule has 8 heteroatoms. The zero-order valence-electron chi connectivity index (χ0n) is 10.8. The maximum Gasteiger partial charge on any atom is 0.608 e. The smallest absolute Gasteiger partial charge is 0.394 e. The maximum atomic E-state index is 12.3. The Bertz CT molecular complexity index is 480. The third kappa shape index (κ3) is 5.99. The first-order valence-electron chi connectivity index (χ1n) is 5.46. The van der Waals surface area contributed by atoms with Crippen LogP contribution in [0.3, 0.4) is 0 Å². The maximum absolute atomic E-state index is 12.3. The number of thioether (sulfide) groups is 1. The topological polar surface area (TPSA) is 57.1 Å². The minimum atomic E-state index is -3.74. The van der Waals surface area contributed by atoms with E-state index in [2.05, 4.69) is 21.1 Å². The van der Waals surface area contributed by atoms with Gasteiger partial charge in [0.2, 0.25) is 0 Å². The summed E-state index contributed by atoms with van der Waals surface area (Å²) in [5, 5.41) is 4.33. The van der Waals surface area contributed by atoms with E-state index in [1.807, 2.05) is 6.26 Å². The van der Waals surface area contributed by atoms with Gasteiger partial charge in [-0.3, -0.25) is 9.15 Å². The molecule has 0 saturated carbocycles. The van der Waals surface area contributed by atoms with Crippen LogP contribution in [-0.2, 0) is 13.7 Å². The second kappa shape index (κ2) is 7.94. The van der Waals surface area contributed by atoms with E-state index >= 15 is 0 Å². The zero-order valence-corrected chi connectivity index (χ0v) is 14.1. The Labute approximate surface area is 125 Å². The Morgan fingerprint density at radius 1 is 1.42 bits per heavy atom. The van der Waals surface area contributed by atoms with Crippen molar-refractivity contribution in [3.8, 4) is 5.75 Å². The largest absolute Gasteiger partial charge is 0.608 e. The van der Waals surface area contributed by atoms with Crippen molar-refractivity contribution in [1.29, 1.82) is 0 Å². The lowest BCUT2D eigenvalue weighted by Gasteiger charge is -2.15. The summed E-state index contributed by atoms with van der Waals surface area (Å²) in [6, 6.07) is 6.85. The molecule has 0 aliphatic heterocycles. The molecule has 0 radical (unpaired) electrons. The SMILES string of the molecule is CCOP(=O)(O/N=C(\C)SC)Oc1ccc(Br)cc1. The van der Waals surface area contributed by atoms with Gasteiger partial charge in [0.25, 0.3) is 0 Å². The quantitative estimate of drug-likeness (QED) is 0.316. The van der Waals surface area contributed by atoms with Crippen molar-refractivity contribution in [3.05, 3.63) is 28.7 Å². The minimum absolute atomic E-state index is 0.196. The van der Waals surface area contributed by atoms with Crippen LogP contribution in [0, 0.1) is 0 Å². The molecule has 5 nitrogen and oxygen atoms in total. The van der Waals surface area contributed by atoms with Gasteiger partial charge in [-0.05, 0) is 44.4 Å². The number of hydrogen-bond acceptors (Lipinski definition) is 6. The highest BCUT2D eigenvalue weighted by Crippen LogP contribution is 2.49. The highest BCUT2D eigenvalue weighted by atomic mass is 79.9. The lowest BCUT2D eigenvalue weighted by molar-refractivity contribution is 0.166. The molecule has 0 saturated heterocycles. The van der Waals surface area contributed by atoms with Gasteiger partial charge in [-0.15, -0.1) is 11.8 Å². The molecule has 1 aromatic rings. The van der Waals surface area contributed by atoms with Crippen molar-refractivity contribution >= 4 is 40.6 Å². The van der Waals surface area contributed by atoms with Crippen molar-refractivity contribution in [1.82, 2.24) is 0 Å². The first kappa shape index (κ1) is 16.6. The summed E-state index contributed by atoms with van der Waals surface area (Å²) in [5.41, 5.74) is 0. The molecule has 1 atom stereocenters. The van der Waals surface area contributed by atoms with Gasteiger partial charge in [0.1, 0.15) is 10.8 Å². The number of benzene rings is 1. The van der Waals surface area contributed by atoms with Gasteiger partial charge < -0.3 is 4.52 Å². The van der Waals surface area contributed by atoms with Crippen LogP contribution in [-0.4, -0.2) is 17.9 Å². The van der Waals surface area contributed by atoms with Crippen LogP contribution in [0.1, 0.15) is 13.8 Å². The van der Waals surface area contributed by atoms with E-state index in [9.17, 15) is 4.57 Å². The van der Waals surface area contributed by atoms with Crippen molar-refractivity contribution in [2.75, 3.05) is 12.9 Å². The molecule has 0 aliphatic rings. The van der Waals surface area contributed by atoms with Gasteiger partial charge in [0.15, 0.2) is 0 Å². The Kier molecular flexibility index (Phi) is 6.93. The van der Waals surface area contributed by atoms with Crippen molar-refractivity contribution < 1.29 is 18.2 Å². The first-order chi connectivity index (χ1) is 8.99. The van der Waals surface area contributed by atoms with E-state index in [4.69, 9.17) is 13.7 Å². The van der Waals surface area contributed by atoms with Gasteiger partial charge in [0.05, 0.1) is 6.61 Å². The molecule has 1 unspecified atom stereocenters. The molecule has 0 N–H and O–H groups in total. The van der Waals surface area contributed by atoms with Gasteiger partial charge >= 0.3 is 7.82 Å². The molecule has 0 spiro atoms. The average Bonchev–Trinajstić information content (AvgIpc) is 2.39. The molecule has 0 amide bonds. The van der Waals surface area contributed by atoms with E-state index < -0.39 is 7.82 Å². The molecular weight excluding hydrogens is 353 g/mol. The molecule has 0 fully saturated rings. The van der Waals surface area contributed by atoms with Gasteiger partial charge in [-0.25, -0.2) is 4.57 Å². The Hall–Kier alpha value is -0.490. The monoisotopic (exact) mass is 367 g/mol. The van der Waals surface area contributed by atoms with Crippen molar-refractivity contribution in [2.45, 2.75) is 13.8 Å². The fourth-order valence-electron chi connectivity index (χ4n) is 0.994. The number of nitrogens with zero attached hydrogens (tertiary/aromatic N) is 1. The molecule has 106 valence electrons. The third-order valence-corrected chi connectivity index (χ3v) is 4.37. The van der Waals surface area contributed by atoms with Crippen LogP contribution in [0.5, 0.6) is 5.75 Å². The minimum Gasteiger partial charge on any atom is -0.394 e. The van der Waals surface area contributed by atoms with Gasteiger partial charge in [0, 0.05) is 4.47 Å². The molecule has 0 aromatic heterocycles. The van der Waals surface area contributed by atoms with E-state index in [1.165, 1.54) is 11.8 Å². The van der Waals surface area contributed by atoms with E-state index in [0.29, 0.717) is 10.8 Å². The number of rotatable bonds is 6. The molecule has 19 heavy (non-hydrogen) atoms. The second-order valence-electron chi connectivity index (χ2n) is 3.31. The molecule has 1 aromatic carbocycles. The summed E-state index contributed by atoms with van der Waals surface area (Å²) in [6.07, 6.45) is 1.84. The lowest BCUT2D eigenvalue weighted by Crippen LogP contribution is -2.00. The van der Waals surface area contributed by atoms with Crippen LogP contribution < -0.4 is 4.52 Å². The Balaban J connectivity index is 2.81. The summed E-state index contributed by atoms with van der Waals surface area (Å²) < 4.78 is 28.4. The molecule has 0 aliphatic carbocycles. The van der Waals surface area contributed by atoms with Gasteiger partial charge in [-0.1, -0.05) is 21.1 Å². The average molecular weight is 368 g/mol. The molecule has 0 bridgehead atoms. The summed E-state index contributed by atoms with van der Waals surface area (Å²) in [5.74, 6) is 0.386. The van der Waals surface area contributed by atoms with Crippen molar-refractivity contribution in [2.24, 2.45) is 5.16 Å². The number of halogens is 1. The number of phosphoric acid groups is 1. The van der Waals surface area contributed by atoms with Crippen LogP contribution in [0.4, 0.5) is 0 Å². The summed E-state index contributed by atoms with van der Waals surface area (Å²) in [6.45, 7) is 3.63. The van der Waals surface area contributed by atoms with Crippen LogP contribution >= 0.6 is 35.5 Å². The number of phosphoric ester groups is 1. The summed E-state index contributed by atoms with van der Waals surface area (Å²) in [7, 11) is -3.74. The molecule has 1 rings (SSSR count). The summed E-state index contributed by atoms with van der Waals surface area (Å²) >= 11 is 4.68. The van der Waals surface area contributed by atoms with Crippen LogP contribution in [0.25, 0.3) is 0 Å². The summed E-state index contributed by atoms with van der Waals surface area (Å²) in [4.78, 5) is 0. The van der Waals surface area contributed by atoms with E-state index in [-0.39, 0.29) is 6.61 Å². The Morgan fingerprint density at radius 2 is 2.05 bits per heavy atom. The van der Waals surface area contributed by atoms with E-state index in [1.54, 1.807) is 38.1 Å². The number of oxime groups is 1. The van der Waals surface area contributed by atoms with Crippen molar-refractivity contribution in [3.63, 3.8) is 0 Å². The normalized spacial score (nSPS) is 14.8. The van der Waals surface area contributed by atoms with Crippen LogP contribution in [0.15, 0.2) is 33.9 Å². The first-order valence-corrected chi connectivity index (χ1v) is 8.94. The third-order valence-electron chi connectivity index (χ3n) is 1.88. The Morgan fingerprint density at radius 3 is 2.58 bits per heavy atom. The lowest BCUT2D eigenvalue weighted by atomic mass is 10.3.